The summed E-state index contributed by atoms with van der Waals surface area (Å²) >= 11 is 12.7. The Morgan fingerprint density at radius 2 is 1.68 bits per heavy atom. The lowest BCUT2D eigenvalue weighted by Gasteiger charge is -2.40. The molecule has 0 aromatic heterocycles. The number of rotatable bonds is 7. The third-order valence-electron chi connectivity index (χ3n) is 8.99. The van der Waals surface area contributed by atoms with Crippen LogP contribution >= 0.6 is 23.2 Å². The first-order chi connectivity index (χ1) is 19.8. The van der Waals surface area contributed by atoms with Crippen LogP contribution in [0.2, 0.25) is 10.0 Å². The fourth-order valence-corrected chi connectivity index (χ4v) is 8.80. The van der Waals surface area contributed by atoms with E-state index in [0.717, 1.165) is 65.9 Å². The molecule has 0 aliphatic carbocycles. The zero-order valence-corrected chi connectivity index (χ0v) is 25.5. The average molecular weight is 606 g/mol. The van der Waals surface area contributed by atoms with Crippen LogP contribution in [-0.4, -0.2) is 58.9 Å². The fourth-order valence-electron chi connectivity index (χ4n) is 6.63. The Hall–Kier alpha value is -2.70. The standard InChI is InChI=1S/C34H34Cl2N2O2S/c1-37(33(39)28-10-6-8-24-7-2-3-9-27(24)28)22-26(25-13-14-30(35)31(36)21-25)15-18-38-19-16-34(17-20-38)23-41(40)32-12-5-4-11-29(32)34/h2-14,21,26H,15-20,22-23H2,1H3/t26-,41?/m1/s1. The van der Waals surface area contributed by atoms with Crippen LogP contribution in [0.25, 0.3) is 10.8 Å². The molecule has 1 fully saturated rings. The molecule has 2 aliphatic rings. The van der Waals surface area contributed by atoms with Crippen molar-refractivity contribution in [2.75, 3.05) is 39.0 Å². The van der Waals surface area contributed by atoms with E-state index in [1.807, 2.05) is 84.7 Å². The van der Waals surface area contributed by atoms with E-state index in [4.69, 9.17) is 23.2 Å². The number of fused-ring (bicyclic) bond motifs is 3. The van der Waals surface area contributed by atoms with Crippen LogP contribution in [-0.2, 0) is 16.2 Å². The van der Waals surface area contributed by atoms with Crippen molar-refractivity contribution in [3.63, 3.8) is 0 Å². The molecule has 2 atom stereocenters. The van der Waals surface area contributed by atoms with Gasteiger partial charge in [-0.25, -0.2) is 0 Å². The molecule has 4 nitrogen and oxygen atoms in total. The maximum absolute atomic E-state index is 13.7. The second kappa shape index (κ2) is 11.9. The molecule has 0 N–H and O–H groups in total. The van der Waals surface area contributed by atoms with Gasteiger partial charge in [0, 0.05) is 41.1 Å². The summed E-state index contributed by atoms with van der Waals surface area (Å²) in [6, 6.07) is 28.0. The van der Waals surface area contributed by atoms with Crippen molar-refractivity contribution in [3.05, 3.63) is 112 Å². The van der Waals surface area contributed by atoms with Crippen LogP contribution < -0.4 is 0 Å². The number of likely N-dealkylation sites (tertiary alicyclic amines) is 1. The first-order valence-corrected chi connectivity index (χ1v) is 16.3. The number of benzene rings is 4. The first kappa shape index (κ1) is 28.4. The molecule has 4 aromatic rings. The van der Waals surface area contributed by atoms with Crippen molar-refractivity contribution in [2.24, 2.45) is 0 Å². The van der Waals surface area contributed by atoms with Gasteiger partial charge in [-0.1, -0.05) is 83.9 Å². The minimum absolute atomic E-state index is 0.0136. The maximum atomic E-state index is 13.7. The summed E-state index contributed by atoms with van der Waals surface area (Å²) in [6.45, 7) is 3.45. The maximum Gasteiger partial charge on any atom is 0.254 e. The Balaban J connectivity index is 1.17. The molecule has 1 saturated heterocycles. The zero-order chi connectivity index (χ0) is 28.6. The van der Waals surface area contributed by atoms with E-state index in [-0.39, 0.29) is 17.2 Å². The first-order valence-electron chi connectivity index (χ1n) is 14.2. The molecule has 0 radical (unpaired) electrons. The minimum Gasteiger partial charge on any atom is -0.341 e. The fraction of sp³-hybridized carbons (Fsp3) is 0.324. The lowest BCUT2D eigenvalue weighted by atomic mass is 9.74. The highest BCUT2D eigenvalue weighted by Gasteiger charge is 2.44. The molecule has 0 bridgehead atoms. The number of hydrogen-bond donors (Lipinski definition) is 0. The summed E-state index contributed by atoms with van der Waals surface area (Å²) in [5, 5.41) is 3.09. The number of amides is 1. The monoisotopic (exact) mass is 604 g/mol. The second-order valence-corrected chi connectivity index (χ2v) is 13.7. The molecule has 1 unspecified atom stereocenters. The Bertz CT molecular complexity index is 1610. The van der Waals surface area contributed by atoms with Gasteiger partial charge in [0.2, 0.25) is 0 Å². The van der Waals surface area contributed by atoms with Gasteiger partial charge in [-0.05, 0) is 85.1 Å². The average Bonchev–Trinajstić information content (AvgIpc) is 3.27. The van der Waals surface area contributed by atoms with E-state index in [9.17, 15) is 9.00 Å². The summed E-state index contributed by atoms with van der Waals surface area (Å²) in [6.07, 6.45) is 2.93. The number of likely N-dealkylation sites (N-methyl/N-ethyl adjacent to an activating group) is 1. The van der Waals surface area contributed by atoms with Crippen LogP contribution in [0.3, 0.4) is 0 Å². The third-order valence-corrected chi connectivity index (χ3v) is 11.4. The molecule has 2 heterocycles. The molecule has 0 saturated carbocycles. The summed E-state index contributed by atoms with van der Waals surface area (Å²) in [5.41, 5.74) is 3.13. The Morgan fingerprint density at radius 3 is 2.49 bits per heavy atom. The van der Waals surface area contributed by atoms with Gasteiger partial charge in [-0.2, -0.15) is 0 Å². The minimum atomic E-state index is -0.902. The predicted octanol–water partition coefficient (Wildman–Crippen LogP) is 7.55. The molecular weight excluding hydrogens is 571 g/mol. The summed E-state index contributed by atoms with van der Waals surface area (Å²) in [4.78, 5) is 19.1. The zero-order valence-electron chi connectivity index (χ0n) is 23.2. The van der Waals surface area contributed by atoms with Gasteiger partial charge in [-0.3, -0.25) is 9.00 Å². The normalized spacial score (nSPS) is 18.9. The third kappa shape index (κ3) is 5.70. The van der Waals surface area contributed by atoms with Crippen molar-refractivity contribution in [2.45, 2.75) is 35.5 Å². The molecule has 212 valence electrons. The molecule has 41 heavy (non-hydrogen) atoms. The van der Waals surface area contributed by atoms with Gasteiger partial charge >= 0.3 is 0 Å². The van der Waals surface area contributed by atoms with Crippen molar-refractivity contribution < 1.29 is 9.00 Å². The molecule has 4 aromatic carbocycles. The smallest absolute Gasteiger partial charge is 0.254 e. The highest BCUT2D eigenvalue weighted by molar-refractivity contribution is 7.85. The molecule has 7 heteroatoms. The Kier molecular flexibility index (Phi) is 8.24. The van der Waals surface area contributed by atoms with E-state index in [2.05, 4.69) is 17.0 Å². The van der Waals surface area contributed by atoms with E-state index in [1.54, 1.807) is 0 Å². The van der Waals surface area contributed by atoms with Gasteiger partial charge in [0.05, 0.1) is 20.8 Å². The van der Waals surface area contributed by atoms with Gasteiger partial charge < -0.3 is 9.80 Å². The van der Waals surface area contributed by atoms with Gasteiger partial charge in [0.15, 0.2) is 0 Å². The molecular formula is C34H34Cl2N2O2S. The second-order valence-electron chi connectivity index (χ2n) is 11.5. The van der Waals surface area contributed by atoms with E-state index in [0.29, 0.717) is 22.2 Å². The van der Waals surface area contributed by atoms with Crippen LogP contribution in [0.4, 0.5) is 0 Å². The summed E-state index contributed by atoms with van der Waals surface area (Å²) in [5.74, 6) is 0.858. The Labute approximate surface area is 254 Å². The summed E-state index contributed by atoms with van der Waals surface area (Å²) in [7, 11) is 0.984. The topological polar surface area (TPSA) is 40.6 Å². The SMILES string of the molecule is CN(C[C@@H](CCN1CCC2(CC1)CS(=O)c1ccccc12)c1ccc(Cl)c(Cl)c1)C(=O)c1cccc2ccccc12. The number of carbonyl (C=O) groups excluding carboxylic acids is 1. The van der Waals surface area contributed by atoms with Gasteiger partial charge in [0.1, 0.15) is 0 Å². The number of nitrogens with zero attached hydrogens (tertiary/aromatic N) is 2. The van der Waals surface area contributed by atoms with Crippen LogP contribution in [0.1, 0.15) is 46.7 Å². The van der Waals surface area contributed by atoms with Crippen molar-refractivity contribution >= 4 is 50.7 Å². The number of carbonyl (C=O) groups is 1. The van der Waals surface area contributed by atoms with Crippen molar-refractivity contribution in [1.29, 1.82) is 0 Å². The van der Waals surface area contributed by atoms with Crippen LogP contribution in [0.15, 0.2) is 89.8 Å². The lowest BCUT2D eigenvalue weighted by Crippen LogP contribution is -2.44. The molecule has 2 aliphatic heterocycles. The van der Waals surface area contributed by atoms with Gasteiger partial charge in [-0.15, -0.1) is 0 Å². The lowest BCUT2D eigenvalue weighted by molar-refractivity contribution is 0.0782. The predicted molar refractivity (Wildman–Crippen MR) is 170 cm³/mol. The van der Waals surface area contributed by atoms with E-state index in [1.165, 1.54) is 5.56 Å². The molecule has 1 spiro atoms. The molecule has 6 rings (SSSR count). The van der Waals surface area contributed by atoms with Gasteiger partial charge in [0.25, 0.3) is 5.91 Å². The Morgan fingerprint density at radius 1 is 0.951 bits per heavy atom. The number of piperidine rings is 1. The number of halogens is 2. The largest absolute Gasteiger partial charge is 0.341 e. The number of hydrogen-bond acceptors (Lipinski definition) is 3. The van der Waals surface area contributed by atoms with Crippen LogP contribution in [0, 0.1) is 0 Å². The summed E-state index contributed by atoms with van der Waals surface area (Å²) < 4.78 is 12.8. The quantitative estimate of drug-likeness (QED) is 0.219. The van der Waals surface area contributed by atoms with E-state index >= 15 is 0 Å². The highest BCUT2D eigenvalue weighted by atomic mass is 35.5. The highest BCUT2D eigenvalue weighted by Crippen LogP contribution is 2.45. The van der Waals surface area contributed by atoms with E-state index < -0.39 is 10.8 Å². The molecule has 1 amide bonds. The van der Waals surface area contributed by atoms with Crippen molar-refractivity contribution in [3.8, 4) is 0 Å². The van der Waals surface area contributed by atoms with Crippen LogP contribution in [0.5, 0.6) is 0 Å². The van der Waals surface area contributed by atoms with Crippen molar-refractivity contribution in [1.82, 2.24) is 9.80 Å².